The summed E-state index contributed by atoms with van der Waals surface area (Å²) in [7, 11) is 0. The van der Waals surface area contributed by atoms with E-state index in [1.165, 1.54) is 44.1 Å². The number of carbonyl (C=O) groups excluding carboxylic acids is 1. The van der Waals surface area contributed by atoms with Crippen LogP contribution in [0, 0.1) is 11.8 Å². The lowest BCUT2D eigenvalue weighted by molar-refractivity contribution is -0.129. The summed E-state index contributed by atoms with van der Waals surface area (Å²) in [5.74, 6) is 6.30. The topological polar surface area (TPSA) is 52.6 Å². The summed E-state index contributed by atoms with van der Waals surface area (Å²) in [5.41, 5.74) is 2.18. The Kier molecular flexibility index (Phi) is 7.11. The maximum atomic E-state index is 12.4. The van der Waals surface area contributed by atoms with Crippen molar-refractivity contribution in [2.75, 3.05) is 13.2 Å². The molecule has 1 amide bonds. The molecule has 2 N–H and O–H groups in total. The van der Waals surface area contributed by atoms with Crippen LogP contribution in [0.2, 0.25) is 0 Å². The first-order valence-electron chi connectivity index (χ1n) is 9.98. The Balaban J connectivity index is 1.48. The van der Waals surface area contributed by atoms with Crippen LogP contribution in [0.15, 0.2) is 24.3 Å². The molecule has 3 rings (SSSR count). The second-order valence-corrected chi connectivity index (χ2v) is 7.45. The highest BCUT2D eigenvalue weighted by molar-refractivity contribution is 5.79. The highest BCUT2D eigenvalue weighted by atomic mass is 16.2. The molecule has 140 valence electrons. The van der Waals surface area contributed by atoms with E-state index in [-0.39, 0.29) is 12.6 Å². The van der Waals surface area contributed by atoms with Crippen LogP contribution < -0.4 is 5.32 Å². The maximum Gasteiger partial charge on any atom is 0.224 e. The van der Waals surface area contributed by atoms with Crippen LogP contribution in [0.1, 0.15) is 62.5 Å². The standard InChI is InChI=1S/C22H30N2O2/c25-14-6-5-7-18-10-12-19(13-11-18)16-23-20-15-22(26)24(17-20)21-8-3-1-2-4-9-21/h10-13,20-21,23,25H,1-4,6,8-9,14-17H2/t20-/m0/s1. The number of aliphatic hydroxyl groups excluding tert-OH is 1. The summed E-state index contributed by atoms with van der Waals surface area (Å²) >= 11 is 0. The Morgan fingerprint density at radius 2 is 1.85 bits per heavy atom. The molecule has 0 unspecified atom stereocenters. The maximum absolute atomic E-state index is 12.4. The lowest BCUT2D eigenvalue weighted by Crippen LogP contribution is -2.38. The highest BCUT2D eigenvalue weighted by Crippen LogP contribution is 2.25. The molecule has 0 spiro atoms. The van der Waals surface area contributed by atoms with Crippen LogP contribution in [-0.4, -0.2) is 41.1 Å². The number of nitrogens with zero attached hydrogens (tertiary/aromatic N) is 1. The van der Waals surface area contributed by atoms with Gasteiger partial charge in [-0.1, -0.05) is 49.7 Å². The summed E-state index contributed by atoms with van der Waals surface area (Å²) in [4.78, 5) is 14.6. The molecular weight excluding hydrogens is 324 g/mol. The SMILES string of the molecule is O=C1C[C@H](NCc2ccc(C#CCCO)cc2)CN1C1CCCCCC1. The van der Waals surface area contributed by atoms with E-state index in [0.717, 1.165) is 18.7 Å². The minimum absolute atomic E-state index is 0.104. The smallest absolute Gasteiger partial charge is 0.224 e. The average Bonchev–Trinajstić information content (AvgIpc) is 2.85. The van der Waals surface area contributed by atoms with Crippen LogP contribution in [0.5, 0.6) is 0 Å². The van der Waals surface area contributed by atoms with Crippen LogP contribution in [-0.2, 0) is 11.3 Å². The van der Waals surface area contributed by atoms with E-state index in [1.807, 2.05) is 12.1 Å². The van der Waals surface area contributed by atoms with Gasteiger partial charge in [0.05, 0.1) is 6.61 Å². The summed E-state index contributed by atoms with van der Waals surface area (Å²) in [6.45, 7) is 1.74. The van der Waals surface area contributed by atoms with Crippen LogP contribution >= 0.6 is 0 Å². The van der Waals surface area contributed by atoms with Gasteiger partial charge in [-0.2, -0.15) is 0 Å². The molecule has 1 aromatic rings. The first-order chi connectivity index (χ1) is 12.8. The van der Waals surface area contributed by atoms with Crippen molar-refractivity contribution in [3.8, 4) is 11.8 Å². The number of nitrogens with one attached hydrogen (secondary N) is 1. The molecule has 2 aliphatic rings. The molecule has 0 aromatic heterocycles. The van der Waals surface area contributed by atoms with E-state index in [0.29, 0.717) is 24.8 Å². The summed E-state index contributed by atoms with van der Waals surface area (Å²) in [6, 6.07) is 8.91. The number of amides is 1. The number of rotatable bonds is 5. The van der Waals surface area contributed by atoms with Crippen molar-refractivity contribution in [3.05, 3.63) is 35.4 Å². The first-order valence-corrected chi connectivity index (χ1v) is 9.98. The molecule has 0 bridgehead atoms. The van der Waals surface area contributed by atoms with Crippen molar-refractivity contribution in [2.24, 2.45) is 0 Å². The van der Waals surface area contributed by atoms with E-state index in [2.05, 4.69) is 34.2 Å². The number of hydrogen-bond donors (Lipinski definition) is 2. The molecule has 4 nitrogen and oxygen atoms in total. The average molecular weight is 354 g/mol. The normalized spacial score (nSPS) is 21.3. The zero-order valence-electron chi connectivity index (χ0n) is 15.5. The van der Waals surface area contributed by atoms with Gasteiger partial charge in [0.1, 0.15) is 0 Å². The minimum Gasteiger partial charge on any atom is -0.395 e. The van der Waals surface area contributed by atoms with Crippen LogP contribution in [0.3, 0.4) is 0 Å². The quantitative estimate of drug-likeness (QED) is 0.631. The lowest BCUT2D eigenvalue weighted by Gasteiger charge is -2.27. The number of carbonyl (C=O) groups is 1. The molecule has 0 radical (unpaired) electrons. The summed E-state index contributed by atoms with van der Waals surface area (Å²) in [5, 5.41) is 12.3. The van der Waals surface area contributed by atoms with Gasteiger partial charge in [0, 0.05) is 43.6 Å². The van der Waals surface area contributed by atoms with Crippen molar-refractivity contribution in [2.45, 2.75) is 70.0 Å². The fraction of sp³-hybridized carbons (Fsp3) is 0.591. The monoisotopic (exact) mass is 354 g/mol. The molecule has 2 fully saturated rings. The third kappa shape index (κ3) is 5.33. The summed E-state index contributed by atoms with van der Waals surface area (Å²) < 4.78 is 0. The van der Waals surface area contributed by atoms with E-state index >= 15 is 0 Å². The van der Waals surface area contributed by atoms with Crippen molar-refractivity contribution >= 4 is 5.91 Å². The molecular formula is C22H30N2O2. The first kappa shape index (κ1) is 18.9. The zero-order chi connectivity index (χ0) is 18.2. The van der Waals surface area contributed by atoms with E-state index in [9.17, 15) is 4.79 Å². The molecule has 1 aliphatic carbocycles. The molecule has 1 atom stereocenters. The number of hydrogen-bond acceptors (Lipinski definition) is 3. The lowest BCUT2D eigenvalue weighted by atomic mass is 10.1. The third-order valence-electron chi connectivity index (χ3n) is 5.44. The van der Waals surface area contributed by atoms with Crippen molar-refractivity contribution in [3.63, 3.8) is 0 Å². The largest absolute Gasteiger partial charge is 0.395 e. The van der Waals surface area contributed by atoms with Gasteiger partial charge in [0.25, 0.3) is 0 Å². The van der Waals surface area contributed by atoms with Crippen molar-refractivity contribution in [1.82, 2.24) is 10.2 Å². The fourth-order valence-electron chi connectivity index (χ4n) is 3.98. The van der Waals surface area contributed by atoms with Gasteiger partial charge in [-0.05, 0) is 30.5 Å². The molecule has 1 heterocycles. The second-order valence-electron chi connectivity index (χ2n) is 7.45. The molecule has 4 heteroatoms. The van der Waals surface area contributed by atoms with E-state index < -0.39 is 0 Å². The van der Waals surface area contributed by atoms with Gasteiger partial charge in [-0.3, -0.25) is 4.79 Å². The summed E-state index contributed by atoms with van der Waals surface area (Å²) in [6.07, 6.45) is 8.66. The van der Waals surface area contributed by atoms with Gasteiger partial charge in [-0.25, -0.2) is 0 Å². The molecule has 1 aliphatic heterocycles. The minimum atomic E-state index is 0.104. The molecule has 1 saturated carbocycles. The Morgan fingerprint density at radius 3 is 2.54 bits per heavy atom. The van der Waals surface area contributed by atoms with Crippen molar-refractivity contribution < 1.29 is 9.90 Å². The van der Waals surface area contributed by atoms with Gasteiger partial charge in [0.2, 0.25) is 5.91 Å². The second kappa shape index (κ2) is 9.75. The molecule has 1 saturated heterocycles. The number of likely N-dealkylation sites (tertiary alicyclic amines) is 1. The fourth-order valence-corrected chi connectivity index (χ4v) is 3.98. The van der Waals surface area contributed by atoms with Crippen LogP contribution in [0.4, 0.5) is 0 Å². The Bertz CT molecular complexity index is 636. The van der Waals surface area contributed by atoms with E-state index in [1.54, 1.807) is 0 Å². The zero-order valence-corrected chi connectivity index (χ0v) is 15.5. The highest BCUT2D eigenvalue weighted by Gasteiger charge is 2.33. The predicted molar refractivity (Wildman–Crippen MR) is 103 cm³/mol. The van der Waals surface area contributed by atoms with Gasteiger partial charge in [-0.15, -0.1) is 0 Å². The Labute approximate surface area is 157 Å². The Morgan fingerprint density at radius 1 is 1.12 bits per heavy atom. The van der Waals surface area contributed by atoms with Gasteiger partial charge < -0.3 is 15.3 Å². The van der Waals surface area contributed by atoms with Crippen molar-refractivity contribution in [1.29, 1.82) is 0 Å². The van der Waals surface area contributed by atoms with Gasteiger partial charge >= 0.3 is 0 Å². The Hall–Kier alpha value is -1.83. The van der Waals surface area contributed by atoms with E-state index in [4.69, 9.17) is 5.11 Å². The van der Waals surface area contributed by atoms with Gasteiger partial charge in [0.15, 0.2) is 0 Å². The molecule has 26 heavy (non-hydrogen) atoms. The van der Waals surface area contributed by atoms with Crippen LogP contribution in [0.25, 0.3) is 0 Å². The predicted octanol–water partition coefficient (Wildman–Crippen LogP) is 2.83. The molecule has 1 aromatic carbocycles. The third-order valence-corrected chi connectivity index (χ3v) is 5.44. The number of benzene rings is 1. The number of aliphatic hydroxyl groups is 1.